The summed E-state index contributed by atoms with van der Waals surface area (Å²) in [5.74, 6) is 0.514. The first-order valence-corrected chi connectivity index (χ1v) is 9.90. The van der Waals surface area contributed by atoms with Crippen molar-refractivity contribution in [1.82, 2.24) is 0 Å². The Balaban J connectivity index is 1.77. The molecule has 1 fully saturated rings. The number of fused-ring (bicyclic) bond motifs is 1. The van der Waals surface area contributed by atoms with Gasteiger partial charge in [-0.2, -0.15) is 8.42 Å². The number of rotatable bonds is 4. The Morgan fingerprint density at radius 1 is 1.04 bits per heavy atom. The minimum absolute atomic E-state index is 0.514. The fourth-order valence-electron chi connectivity index (χ4n) is 3.26. The van der Waals surface area contributed by atoms with Gasteiger partial charge >= 0.3 is 10.2 Å². The monoisotopic (exact) mass is 342 g/mol. The average molecular weight is 342 g/mol. The van der Waals surface area contributed by atoms with E-state index in [1.807, 2.05) is 18.2 Å². The Kier molecular flexibility index (Phi) is 3.57. The lowest BCUT2D eigenvalue weighted by Gasteiger charge is -2.18. The lowest BCUT2D eigenvalue weighted by Crippen LogP contribution is -2.36. The van der Waals surface area contributed by atoms with Crippen LogP contribution < -0.4 is 8.61 Å². The highest BCUT2D eigenvalue weighted by molar-refractivity contribution is 7.94. The van der Waals surface area contributed by atoms with E-state index in [4.69, 9.17) is 0 Å². The molecule has 2 aliphatic rings. The molecule has 4 nitrogen and oxygen atoms in total. The Hall–Kier alpha value is -2.01. The van der Waals surface area contributed by atoms with Gasteiger partial charge < -0.3 is 0 Å². The van der Waals surface area contributed by atoms with E-state index in [9.17, 15) is 8.42 Å². The van der Waals surface area contributed by atoms with Gasteiger partial charge in [0.1, 0.15) is 0 Å². The summed E-state index contributed by atoms with van der Waals surface area (Å²) in [5.41, 5.74) is 5.04. The lowest BCUT2D eigenvalue weighted by atomic mass is 10.0. The molecular weight excluding hydrogens is 320 g/mol. The Morgan fingerprint density at radius 2 is 1.79 bits per heavy atom. The van der Waals surface area contributed by atoms with E-state index in [2.05, 4.69) is 31.2 Å². The highest BCUT2D eigenvalue weighted by atomic mass is 32.2. The summed E-state index contributed by atoms with van der Waals surface area (Å²) in [6.45, 7) is 2.74. The molecule has 0 bridgehead atoms. The van der Waals surface area contributed by atoms with Gasteiger partial charge in [0.25, 0.3) is 0 Å². The lowest BCUT2D eigenvalue weighted by molar-refractivity contribution is 0.590. The molecule has 5 heteroatoms. The standard InChI is InChI=1S/C19H22N2O2S/c1-3-14-5-4-6-16(11-14)17-9-10-18-19(12-17)20(2)24(22,23)21(18)13-15-7-8-15/h4-6,9-12,15H,3,7-8,13H2,1-2H3. The molecule has 0 atom stereocenters. The SMILES string of the molecule is CCc1cccc(-c2ccc3c(c2)N(C)S(=O)(=O)N3CC2CC2)c1. The maximum absolute atomic E-state index is 12.7. The van der Waals surface area contributed by atoms with E-state index >= 15 is 0 Å². The van der Waals surface area contributed by atoms with Crippen LogP contribution in [-0.4, -0.2) is 22.0 Å². The molecule has 1 saturated carbocycles. The molecule has 0 spiro atoms. The van der Waals surface area contributed by atoms with Gasteiger partial charge in [0.05, 0.1) is 11.4 Å². The van der Waals surface area contributed by atoms with E-state index < -0.39 is 10.2 Å². The van der Waals surface area contributed by atoms with Crippen molar-refractivity contribution < 1.29 is 8.42 Å². The number of benzene rings is 2. The Bertz CT molecular complexity index is 888. The fourth-order valence-corrected chi connectivity index (χ4v) is 4.75. The largest absolute Gasteiger partial charge is 0.326 e. The summed E-state index contributed by atoms with van der Waals surface area (Å²) in [6, 6.07) is 14.4. The van der Waals surface area contributed by atoms with Gasteiger partial charge in [-0.05, 0) is 54.0 Å². The van der Waals surface area contributed by atoms with Gasteiger partial charge in [0, 0.05) is 13.6 Å². The molecule has 1 aliphatic heterocycles. The van der Waals surface area contributed by atoms with Crippen LogP contribution in [-0.2, 0) is 16.6 Å². The van der Waals surface area contributed by atoms with Crippen molar-refractivity contribution in [3.63, 3.8) is 0 Å². The van der Waals surface area contributed by atoms with Crippen molar-refractivity contribution in [2.75, 3.05) is 22.2 Å². The van der Waals surface area contributed by atoms with Crippen LogP contribution in [0.1, 0.15) is 25.3 Å². The molecule has 0 radical (unpaired) electrons. The second-order valence-electron chi connectivity index (χ2n) is 6.71. The molecule has 0 saturated heterocycles. The number of hydrogen-bond donors (Lipinski definition) is 0. The minimum atomic E-state index is -3.43. The smallest absolute Gasteiger partial charge is 0.254 e. The molecule has 0 aromatic heterocycles. The van der Waals surface area contributed by atoms with Gasteiger partial charge in [0.2, 0.25) is 0 Å². The van der Waals surface area contributed by atoms with Crippen LogP contribution in [0.15, 0.2) is 42.5 Å². The quantitative estimate of drug-likeness (QED) is 0.847. The van der Waals surface area contributed by atoms with Crippen molar-refractivity contribution in [1.29, 1.82) is 0 Å². The third kappa shape index (κ3) is 2.47. The van der Waals surface area contributed by atoms with Crippen molar-refractivity contribution in [3.8, 4) is 11.1 Å². The van der Waals surface area contributed by atoms with E-state index in [1.54, 1.807) is 11.4 Å². The molecule has 24 heavy (non-hydrogen) atoms. The van der Waals surface area contributed by atoms with Crippen molar-refractivity contribution in [2.24, 2.45) is 5.92 Å². The summed E-state index contributed by atoms with van der Waals surface area (Å²) >= 11 is 0. The summed E-state index contributed by atoms with van der Waals surface area (Å²) in [6.07, 6.45) is 3.25. The molecule has 2 aromatic carbocycles. The number of anilines is 2. The predicted molar refractivity (Wildman–Crippen MR) is 98.6 cm³/mol. The van der Waals surface area contributed by atoms with Crippen molar-refractivity contribution in [2.45, 2.75) is 26.2 Å². The van der Waals surface area contributed by atoms with Crippen LogP contribution in [0.3, 0.4) is 0 Å². The second kappa shape index (κ2) is 5.52. The molecule has 1 aliphatic carbocycles. The molecule has 1 heterocycles. The van der Waals surface area contributed by atoms with Gasteiger partial charge in [0.15, 0.2) is 0 Å². The molecule has 2 aromatic rings. The van der Waals surface area contributed by atoms with Crippen LogP contribution in [0.2, 0.25) is 0 Å². The van der Waals surface area contributed by atoms with E-state index in [0.29, 0.717) is 12.5 Å². The van der Waals surface area contributed by atoms with Crippen LogP contribution >= 0.6 is 0 Å². The highest BCUT2D eigenvalue weighted by Gasteiger charge is 2.40. The highest BCUT2D eigenvalue weighted by Crippen LogP contribution is 2.44. The van der Waals surface area contributed by atoms with Gasteiger partial charge in [-0.3, -0.25) is 8.61 Å². The third-order valence-electron chi connectivity index (χ3n) is 5.00. The van der Waals surface area contributed by atoms with E-state index in [0.717, 1.165) is 41.8 Å². The minimum Gasteiger partial charge on any atom is -0.254 e. The molecule has 4 rings (SSSR count). The number of hydrogen-bond acceptors (Lipinski definition) is 2. The molecule has 0 N–H and O–H groups in total. The van der Waals surface area contributed by atoms with Crippen LogP contribution in [0.4, 0.5) is 11.4 Å². The van der Waals surface area contributed by atoms with Gasteiger partial charge in [-0.15, -0.1) is 0 Å². The van der Waals surface area contributed by atoms with E-state index in [-0.39, 0.29) is 0 Å². The second-order valence-corrected chi connectivity index (χ2v) is 8.59. The predicted octanol–water partition coefficient (Wildman–Crippen LogP) is 3.83. The summed E-state index contributed by atoms with van der Waals surface area (Å²) in [7, 11) is -1.78. The first kappa shape index (κ1) is 15.5. The maximum atomic E-state index is 12.7. The van der Waals surface area contributed by atoms with Gasteiger partial charge in [-0.25, -0.2) is 0 Å². The Morgan fingerprint density at radius 3 is 2.50 bits per heavy atom. The molecule has 126 valence electrons. The van der Waals surface area contributed by atoms with Gasteiger partial charge in [-0.1, -0.05) is 37.3 Å². The van der Waals surface area contributed by atoms with Crippen molar-refractivity contribution >= 4 is 21.6 Å². The summed E-state index contributed by atoms with van der Waals surface area (Å²) in [5, 5.41) is 0. The molecule has 0 unspecified atom stereocenters. The normalized spacial score (nSPS) is 18.8. The summed E-state index contributed by atoms with van der Waals surface area (Å²) in [4.78, 5) is 0. The topological polar surface area (TPSA) is 40.6 Å². The third-order valence-corrected chi connectivity index (χ3v) is 6.79. The van der Waals surface area contributed by atoms with Crippen LogP contribution in [0.25, 0.3) is 11.1 Å². The zero-order chi connectivity index (χ0) is 16.9. The first-order valence-electron chi connectivity index (χ1n) is 8.50. The zero-order valence-electron chi connectivity index (χ0n) is 14.1. The van der Waals surface area contributed by atoms with Crippen LogP contribution in [0, 0.1) is 5.92 Å². The fraction of sp³-hybridized carbons (Fsp3) is 0.368. The Labute approximate surface area is 143 Å². The molecule has 0 amide bonds. The maximum Gasteiger partial charge on any atom is 0.326 e. The molecular formula is C19H22N2O2S. The number of aryl methyl sites for hydroxylation is 1. The van der Waals surface area contributed by atoms with Crippen molar-refractivity contribution in [3.05, 3.63) is 48.0 Å². The van der Waals surface area contributed by atoms with Crippen LogP contribution in [0.5, 0.6) is 0 Å². The zero-order valence-corrected chi connectivity index (χ0v) is 14.9. The number of nitrogens with zero attached hydrogens (tertiary/aromatic N) is 2. The van der Waals surface area contributed by atoms with E-state index in [1.165, 1.54) is 9.87 Å². The summed E-state index contributed by atoms with van der Waals surface area (Å²) < 4.78 is 28.4. The average Bonchev–Trinajstić information content (AvgIpc) is 3.39. The first-order chi connectivity index (χ1) is 11.5.